The highest BCUT2D eigenvalue weighted by atomic mass is 79.9. The summed E-state index contributed by atoms with van der Waals surface area (Å²) in [4.78, 5) is -0.464. The van der Waals surface area contributed by atoms with Crippen LogP contribution in [0.25, 0.3) is 0 Å². The summed E-state index contributed by atoms with van der Waals surface area (Å²) in [5, 5.41) is 0.0742. The fourth-order valence-electron chi connectivity index (χ4n) is 2.50. The second kappa shape index (κ2) is 6.02. The van der Waals surface area contributed by atoms with Gasteiger partial charge in [0.1, 0.15) is 4.90 Å². The van der Waals surface area contributed by atoms with Crippen LogP contribution < -0.4 is 5.73 Å². The predicted octanol–water partition coefficient (Wildman–Crippen LogP) is 3.63. The predicted molar refractivity (Wildman–Crippen MR) is 85.3 cm³/mol. The third-order valence-corrected chi connectivity index (χ3v) is 7.16. The first-order valence-corrected chi connectivity index (χ1v) is 9.22. The second-order valence-corrected chi connectivity index (χ2v) is 8.56. The van der Waals surface area contributed by atoms with Crippen LogP contribution in [0.3, 0.4) is 0 Å². The Morgan fingerprint density at radius 2 is 2.05 bits per heavy atom. The summed E-state index contributed by atoms with van der Waals surface area (Å²) in [6, 6.07) is 0.938. The highest BCUT2D eigenvalue weighted by molar-refractivity contribution is 9.10. The van der Waals surface area contributed by atoms with Gasteiger partial charge in [-0.05, 0) is 47.7 Å². The Kier molecular flexibility index (Phi) is 4.87. The van der Waals surface area contributed by atoms with Gasteiger partial charge in [0.15, 0.2) is 5.82 Å². The number of nitrogen functional groups attached to an aromatic ring is 1. The molecule has 2 N–H and O–H groups in total. The van der Waals surface area contributed by atoms with Crippen molar-refractivity contribution in [3.8, 4) is 0 Å². The molecule has 1 aliphatic heterocycles. The lowest BCUT2D eigenvalue weighted by Crippen LogP contribution is -2.45. The van der Waals surface area contributed by atoms with E-state index in [1.165, 1.54) is 4.31 Å². The largest absolute Gasteiger partial charge is 0.395 e. The van der Waals surface area contributed by atoms with Gasteiger partial charge in [-0.1, -0.05) is 18.5 Å². The molecule has 0 spiro atoms. The average Bonchev–Trinajstić information content (AvgIpc) is 2.42. The lowest BCUT2D eigenvalue weighted by atomic mass is 9.97. The summed E-state index contributed by atoms with van der Waals surface area (Å²) in [5.41, 5.74) is 5.29. The van der Waals surface area contributed by atoms with E-state index in [1.54, 1.807) is 0 Å². The van der Waals surface area contributed by atoms with E-state index in [1.807, 2.05) is 13.8 Å². The molecule has 1 saturated heterocycles. The number of anilines is 1. The van der Waals surface area contributed by atoms with Crippen molar-refractivity contribution in [2.24, 2.45) is 5.92 Å². The molecule has 0 aliphatic carbocycles. The van der Waals surface area contributed by atoms with Gasteiger partial charge in [-0.25, -0.2) is 12.8 Å². The summed E-state index contributed by atoms with van der Waals surface area (Å²) in [6.45, 7) is 4.18. The fraction of sp³-hybridized carbons (Fsp3) is 0.538. The molecule has 1 aliphatic rings. The Morgan fingerprint density at radius 1 is 1.43 bits per heavy atom. The van der Waals surface area contributed by atoms with E-state index in [-0.39, 0.29) is 27.1 Å². The minimum absolute atomic E-state index is 0.0742. The van der Waals surface area contributed by atoms with Crippen molar-refractivity contribution in [2.75, 3.05) is 12.3 Å². The minimum atomic E-state index is -3.96. The maximum atomic E-state index is 14.3. The molecule has 0 amide bonds. The van der Waals surface area contributed by atoms with Crippen molar-refractivity contribution in [1.82, 2.24) is 4.31 Å². The standard InChI is InChI=1S/C13H17BrClFN2O2S/c1-7-3-4-8(2)18(6-7)21(19,20)10-5-9(15)11(14)13(17)12(10)16/h5,7-8H,3-4,6,17H2,1-2H3. The zero-order chi connectivity index (χ0) is 15.9. The summed E-state index contributed by atoms with van der Waals surface area (Å²) in [7, 11) is -3.96. The van der Waals surface area contributed by atoms with Crippen LogP contribution in [0.5, 0.6) is 0 Å². The van der Waals surface area contributed by atoms with Gasteiger partial charge in [0.25, 0.3) is 0 Å². The molecule has 4 nitrogen and oxygen atoms in total. The molecule has 2 atom stereocenters. The van der Waals surface area contributed by atoms with E-state index < -0.39 is 20.7 Å². The van der Waals surface area contributed by atoms with Gasteiger partial charge in [0.2, 0.25) is 10.0 Å². The van der Waals surface area contributed by atoms with Crippen LogP contribution in [0.2, 0.25) is 5.02 Å². The number of halogens is 3. The highest BCUT2D eigenvalue weighted by Crippen LogP contribution is 2.37. The first-order chi connectivity index (χ1) is 9.66. The molecular formula is C13H17BrClFN2O2S. The quantitative estimate of drug-likeness (QED) is 0.610. The van der Waals surface area contributed by atoms with Crippen molar-refractivity contribution in [3.63, 3.8) is 0 Å². The summed E-state index contributed by atoms with van der Waals surface area (Å²) >= 11 is 8.97. The molecule has 0 radical (unpaired) electrons. The van der Waals surface area contributed by atoms with Gasteiger partial charge >= 0.3 is 0 Å². The topological polar surface area (TPSA) is 63.4 Å². The van der Waals surface area contributed by atoms with E-state index in [9.17, 15) is 12.8 Å². The lowest BCUT2D eigenvalue weighted by Gasteiger charge is -2.35. The van der Waals surface area contributed by atoms with Crippen molar-refractivity contribution in [2.45, 2.75) is 37.6 Å². The molecular weight excluding hydrogens is 383 g/mol. The van der Waals surface area contributed by atoms with Crippen LogP contribution in [0.4, 0.5) is 10.1 Å². The fourth-order valence-corrected chi connectivity index (χ4v) is 4.95. The number of nitrogens with zero attached hydrogens (tertiary/aromatic N) is 1. The Hall–Kier alpha value is -0.370. The van der Waals surface area contributed by atoms with Crippen LogP contribution in [-0.4, -0.2) is 25.3 Å². The van der Waals surface area contributed by atoms with Gasteiger partial charge < -0.3 is 5.73 Å². The first kappa shape index (κ1) is 17.0. The maximum Gasteiger partial charge on any atom is 0.246 e. The molecule has 118 valence electrons. The van der Waals surface area contributed by atoms with E-state index in [2.05, 4.69) is 15.9 Å². The molecule has 1 fully saturated rings. The van der Waals surface area contributed by atoms with Crippen LogP contribution in [0.1, 0.15) is 26.7 Å². The van der Waals surface area contributed by atoms with Crippen molar-refractivity contribution in [3.05, 3.63) is 21.4 Å². The second-order valence-electron chi connectivity index (χ2n) is 5.50. The van der Waals surface area contributed by atoms with E-state index in [0.29, 0.717) is 6.54 Å². The Balaban J connectivity index is 2.54. The lowest BCUT2D eigenvalue weighted by molar-refractivity contribution is 0.217. The molecule has 21 heavy (non-hydrogen) atoms. The van der Waals surface area contributed by atoms with Crippen molar-refractivity contribution >= 4 is 43.2 Å². The van der Waals surface area contributed by atoms with Gasteiger partial charge in [-0.15, -0.1) is 0 Å². The molecule has 2 rings (SSSR count). The molecule has 2 unspecified atom stereocenters. The highest BCUT2D eigenvalue weighted by Gasteiger charge is 2.36. The van der Waals surface area contributed by atoms with Crippen LogP contribution in [0, 0.1) is 11.7 Å². The first-order valence-electron chi connectivity index (χ1n) is 6.61. The minimum Gasteiger partial charge on any atom is -0.395 e. The van der Waals surface area contributed by atoms with Crippen molar-refractivity contribution in [1.29, 1.82) is 0 Å². The number of nitrogens with two attached hydrogens (primary N) is 1. The Labute approximate surface area is 137 Å². The smallest absolute Gasteiger partial charge is 0.246 e. The number of sulfonamides is 1. The molecule has 8 heteroatoms. The summed E-state index contributed by atoms with van der Waals surface area (Å²) in [5.74, 6) is -0.723. The van der Waals surface area contributed by atoms with E-state index >= 15 is 0 Å². The third kappa shape index (κ3) is 3.06. The van der Waals surface area contributed by atoms with Gasteiger partial charge in [-0.3, -0.25) is 0 Å². The van der Waals surface area contributed by atoms with Crippen molar-refractivity contribution < 1.29 is 12.8 Å². The summed E-state index contributed by atoms with van der Waals surface area (Å²) < 4.78 is 41.3. The molecule has 1 aromatic carbocycles. The van der Waals surface area contributed by atoms with Gasteiger partial charge in [0.05, 0.1) is 15.2 Å². The number of hydrogen-bond acceptors (Lipinski definition) is 3. The number of hydrogen-bond donors (Lipinski definition) is 1. The third-order valence-electron chi connectivity index (χ3n) is 3.80. The van der Waals surface area contributed by atoms with Gasteiger partial charge in [0, 0.05) is 12.6 Å². The Morgan fingerprint density at radius 3 is 2.67 bits per heavy atom. The van der Waals surface area contributed by atoms with Crippen LogP contribution >= 0.6 is 27.5 Å². The molecule has 0 aromatic heterocycles. The maximum absolute atomic E-state index is 14.3. The molecule has 1 aromatic rings. The van der Waals surface area contributed by atoms with Crippen LogP contribution in [0.15, 0.2) is 15.4 Å². The number of piperidine rings is 1. The van der Waals surface area contributed by atoms with E-state index in [4.69, 9.17) is 17.3 Å². The SMILES string of the molecule is CC1CCC(C)N(S(=O)(=O)c2cc(Cl)c(Br)c(N)c2F)C1. The zero-order valence-electron chi connectivity index (χ0n) is 11.7. The number of rotatable bonds is 2. The number of benzene rings is 1. The zero-order valence-corrected chi connectivity index (χ0v) is 14.9. The molecule has 0 bridgehead atoms. The summed E-state index contributed by atoms with van der Waals surface area (Å²) in [6.07, 6.45) is 1.71. The van der Waals surface area contributed by atoms with Crippen LogP contribution in [-0.2, 0) is 10.0 Å². The van der Waals surface area contributed by atoms with Gasteiger partial charge in [-0.2, -0.15) is 4.31 Å². The van der Waals surface area contributed by atoms with E-state index in [0.717, 1.165) is 18.9 Å². The normalized spacial score (nSPS) is 24.2. The molecule has 0 saturated carbocycles. The monoisotopic (exact) mass is 398 g/mol. The Bertz CT molecular complexity index is 669. The molecule has 1 heterocycles. The average molecular weight is 400 g/mol.